The summed E-state index contributed by atoms with van der Waals surface area (Å²) in [5, 5.41) is 0. The minimum Gasteiger partial charge on any atom is -0.351 e. The predicted octanol–water partition coefficient (Wildman–Crippen LogP) is 3.15. The topological polar surface area (TPSA) is 18.5 Å². The molecular weight excluding hydrogens is 222 g/mol. The quantitative estimate of drug-likeness (QED) is 0.425. The first-order valence-electron chi connectivity index (χ1n) is 3.49. The van der Waals surface area contributed by atoms with Crippen LogP contribution in [0, 0.1) is 0 Å². The third kappa shape index (κ3) is 10.8. The molecule has 0 bridgehead atoms. The SMILES string of the molecule is CC(C)(C)OCOCC(Cl)(Cl)Cl. The monoisotopic (exact) mass is 234 g/mol. The first-order chi connectivity index (χ1) is 5.21. The van der Waals surface area contributed by atoms with Crippen molar-refractivity contribution in [2.45, 2.75) is 30.2 Å². The lowest BCUT2D eigenvalue weighted by Gasteiger charge is -2.20. The summed E-state index contributed by atoms with van der Waals surface area (Å²) in [6.07, 6.45) is 0. The molecule has 0 unspecified atom stereocenters. The second-order valence-electron chi connectivity index (χ2n) is 3.34. The largest absolute Gasteiger partial charge is 0.351 e. The molecule has 0 amide bonds. The number of alkyl halides is 3. The fraction of sp³-hybridized carbons (Fsp3) is 1.00. The van der Waals surface area contributed by atoms with E-state index >= 15 is 0 Å². The van der Waals surface area contributed by atoms with Gasteiger partial charge in [0.2, 0.25) is 3.79 Å². The van der Waals surface area contributed by atoms with Crippen LogP contribution < -0.4 is 0 Å². The fourth-order valence-corrected chi connectivity index (χ4v) is 0.607. The Kier molecular flexibility index (Phi) is 5.19. The molecule has 0 rings (SSSR count). The molecule has 2 nitrogen and oxygen atoms in total. The van der Waals surface area contributed by atoms with E-state index < -0.39 is 3.79 Å². The Hall–Kier alpha value is 0.790. The van der Waals surface area contributed by atoms with Crippen molar-refractivity contribution in [3.05, 3.63) is 0 Å². The van der Waals surface area contributed by atoms with E-state index in [1.165, 1.54) is 0 Å². The van der Waals surface area contributed by atoms with Crippen LogP contribution in [0.4, 0.5) is 0 Å². The standard InChI is InChI=1S/C7H13Cl3O2/c1-6(2,3)12-5-11-4-7(8,9)10/h4-5H2,1-3H3. The lowest BCUT2D eigenvalue weighted by molar-refractivity contribution is -0.118. The third-order valence-electron chi connectivity index (χ3n) is 0.841. The first-order valence-corrected chi connectivity index (χ1v) is 4.62. The van der Waals surface area contributed by atoms with Crippen molar-refractivity contribution in [2.75, 3.05) is 13.4 Å². The molecule has 0 aromatic rings. The summed E-state index contributed by atoms with van der Waals surface area (Å²) >= 11 is 16.3. The van der Waals surface area contributed by atoms with Crippen LogP contribution >= 0.6 is 34.8 Å². The summed E-state index contributed by atoms with van der Waals surface area (Å²) in [7, 11) is 0. The summed E-state index contributed by atoms with van der Waals surface area (Å²) in [6, 6.07) is 0. The molecule has 0 fully saturated rings. The number of ether oxygens (including phenoxy) is 2. The summed E-state index contributed by atoms with van der Waals surface area (Å²) in [6.45, 7) is 5.94. The van der Waals surface area contributed by atoms with Crippen LogP contribution in [0.3, 0.4) is 0 Å². The highest BCUT2D eigenvalue weighted by atomic mass is 35.6. The molecule has 0 saturated carbocycles. The van der Waals surface area contributed by atoms with E-state index in [4.69, 9.17) is 44.3 Å². The summed E-state index contributed by atoms with van der Waals surface area (Å²) in [4.78, 5) is 0. The molecule has 0 heterocycles. The molecule has 0 saturated heterocycles. The van der Waals surface area contributed by atoms with Gasteiger partial charge in [-0.15, -0.1) is 0 Å². The van der Waals surface area contributed by atoms with Crippen molar-refractivity contribution in [1.29, 1.82) is 0 Å². The maximum absolute atomic E-state index is 5.43. The zero-order chi connectivity index (χ0) is 9.83. The van der Waals surface area contributed by atoms with E-state index in [2.05, 4.69) is 0 Å². The molecule has 0 aromatic carbocycles. The number of halogens is 3. The second kappa shape index (κ2) is 4.87. The molecule has 0 spiro atoms. The Morgan fingerprint density at radius 3 is 1.92 bits per heavy atom. The van der Waals surface area contributed by atoms with Gasteiger partial charge in [-0.3, -0.25) is 0 Å². The molecule has 0 aliphatic carbocycles. The maximum Gasteiger partial charge on any atom is 0.213 e. The van der Waals surface area contributed by atoms with Gasteiger partial charge in [-0.2, -0.15) is 0 Å². The molecule has 0 aliphatic rings. The number of hydrogen-bond donors (Lipinski definition) is 0. The minimum absolute atomic E-state index is 0.0355. The minimum atomic E-state index is -1.36. The Labute approximate surface area is 88.1 Å². The molecule has 5 heteroatoms. The van der Waals surface area contributed by atoms with E-state index in [1.54, 1.807) is 0 Å². The van der Waals surface area contributed by atoms with Gasteiger partial charge in [-0.25, -0.2) is 0 Å². The third-order valence-corrected chi connectivity index (χ3v) is 1.17. The molecule has 0 radical (unpaired) electrons. The fourth-order valence-electron chi connectivity index (χ4n) is 0.376. The molecule has 0 aliphatic heterocycles. The zero-order valence-corrected chi connectivity index (χ0v) is 9.63. The number of hydrogen-bond acceptors (Lipinski definition) is 2. The smallest absolute Gasteiger partial charge is 0.213 e. The van der Waals surface area contributed by atoms with E-state index in [9.17, 15) is 0 Å². The van der Waals surface area contributed by atoms with Crippen LogP contribution in [0.1, 0.15) is 20.8 Å². The molecule has 12 heavy (non-hydrogen) atoms. The molecule has 0 atom stereocenters. The van der Waals surface area contributed by atoms with Crippen LogP contribution in [0.15, 0.2) is 0 Å². The van der Waals surface area contributed by atoms with E-state index in [-0.39, 0.29) is 19.0 Å². The Morgan fingerprint density at radius 2 is 1.58 bits per heavy atom. The van der Waals surface area contributed by atoms with Gasteiger partial charge in [0.25, 0.3) is 0 Å². The molecule has 74 valence electrons. The van der Waals surface area contributed by atoms with E-state index in [0.717, 1.165) is 0 Å². The molecule has 0 N–H and O–H groups in total. The average Bonchev–Trinajstić information content (AvgIpc) is 1.76. The van der Waals surface area contributed by atoms with Crippen LogP contribution in [0.2, 0.25) is 0 Å². The zero-order valence-electron chi connectivity index (χ0n) is 7.36. The van der Waals surface area contributed by atoms with Gasteiger partial charge in [-0.05, 0) is 20.8 Å². The summed E-state index contributed by atoms with van der Waals surface area (Å²) in [5.74, 6) is 0. The van der Waals surface area contributed by atoms with Gasteiger partial charge in [0.05, 0.1) is 12.2 Å². The molecular formula is C7H13Cl3O2. The van der Waals surface area contributed by atoms with Gasteiger partial charge in [0.15, 0.2) is 0 Å². The highest BCUT2D eigenvalue weighted by Crippen LogP contribution is 2.25. The highest BCUT2D eigenvalue weighted by molar-refractivity contribution is 6.67. The van der Waals surface area contributed by atoms with Gasteiger partial charge in [-0.1, -0.05) is 34.8 Å². The Morgan fingerprint density at radius 1 is 1.08 bits per heavy atom. The van der Waals surface area contributed by atoms with Crippen LogP contribution in [-0.2, 0) is 9.47 Å². The lowest BCUT2D eigenvalue weighted by atomic mass is 10.2. The average molecular weight is 236 g/mol. The van der Waals surface area contributed by atoms with Crippen molar-refractivity contribution in [1.82, 2.24) is 0 Å². The van der Waals surface area contributed by atoms with Crippen LogP contribution in [0.5, 0.6) is 0 Å². The highest BCUT2D eigenvalue weighted by Gasteiger charge is 2.20. The van der Waals surface area contributed by atoms with Gasteiger partial charge < -0.3 is 9.47 Å². The second-order valence-corrected chi connectivity index (χ2v) is 5.85. The van der Waals surface area contributed by atoms with Crippen molar-refractivity contribution in [2.24, 2.45) is 0 Å². The van der Waals surface area contributed by atoms with Crippen molar-refractivity contribution >= 4 is 34.8 Å². The maximum atomic E-state index is 5.43. The number of rotatable bonds is 3. The van der Waals surface area contributed by atoms with E-state index in [0.29, 0.717) is 0 Å². The predicted molar refractivity (Wildman–Crippen MR) is 51.9 cm³/mol. The summed E-state index contributed by atoms with van der Waals surface area (Å²) in [5.41, 5.74) is -0.229. The van der Waals surface area contributed by atoms with E-state index in [1.807, 2.05) is 20.8 Å². The Balaban J connectivity index is 3.35. The summed E-state index contributed by atoms with van der Waals surface area (Å²) < 4.78 is 8.82. The van der Waals surface area contributed by atoms with Crippen LogP contribution in [-0.4, -0.2) is 22.8 Å². The van der Waals surface area contributed by atoms with Gasteiger partial charge in [0.1, 0.15) is 6.79 Å². The Bertz CT molecular complexity index is 110. The molecule has 0 aromatic heterocycles. The lowest BCUT2D eigenvalue weighted by Crippen LogP contribution is -2.23. The normalized spacial score (nSPS) is 13.5. The van der Waals surface area contributed by atoms with Gasteiger partial charge in [0, 0.05) is 0 Å². The van der Waals surface area contributed by atoms with Gasteiger partial charge >= 0.3 is 0 Å². The van der Waals surface area contributed by atoms with Crippen LogP contribution in [0.25, 0.3) is 0 Å². The first kappa shape index (κ1) is 12.8. The van der Waals surface area contributed by atoms with Crippen molar-refractivity contribution in [3.8, 4) is 0 Å². The van der Waals surface area contributed by atoms with Crippen molar-refractivity contribution < 1.29 is 9.47 Å². The van der Waals surface area contributed by atoms with Crippen molar-refractivity contribution in [3.63, 3.8) is 0 Å².